The second-order valence-corrected chi connectivity index (χ2v) is 8.45. The van der Waals surface area contributed by atoms with Crippen LogP contribution in [0, 0.1) is 12.7 Å². The zero-order chi connectivity index (χ0) is 22.7. The first-order chi connectivity index (χ1) is 15.4. The molecule has 1 atom stereocenters. The number of aromatic nitrogens is 1. The van der Waals surface area contributed by atoms with Gasteiger partial charge >= 0.3 is 12.1 Å². The molecule has 2 saturated heterocycles. The molecule has 9 heteroatoms. The lowest BCUT2D eigenvalue weighted by molar-refractivity contribution is 0.0658. The Labute approximate surface area is 187 Å². The van der Waals surface area contributed by atoms with E-state index < -0.39 is 11.8 Å². The Kier molecular flexibility index (Phi) is 6.55. The van der Waals surface area contributed by atoms with Crippen LogP contribution in [0.4, 0.5) is 25.4 Å². The summed E-state index contributed by atoms with van der Waals surface area (Å²) >= 11 is 0. The van der Waals surface area contributed by atoms with E-state index in [1.807, 2.05) is 23.6 Å². The highest BCUT2D eigenvalue weighted by molar-refractivity contribution is 5.99. The van der Waals surface area contributed by atoms with Gasteiger partial charge in [-0.3, -0.25) is 9.88 Å². The van der Waals surface area contributed by atoms with E-state index in [9.17, 15) is 9.59 Å². The van der Waals surface area contributed by atoms with E-state index in [-0.39, 0.29) is 17.8 Å². The summed E-state index contributed by atoms with van der Waals surface area (Å²) in [6, 6.07) is 8.16. The van der Waals surface area contributed by atoms with Gasteiger partial charge in [0.25, 0.3) is 0 Å². The SMILES string of the molecule is Cc1ccc(NC(=O)Nc2cccc(CN3CCN(C(=O)N4CCC4)C(C)C3)c2F)cn1. The lowest BCUT2D eigenvalue weighted by Gasteiger charge is -2.44. The van der Waals surface area contributed by atoms with Crippen LogP contribution in [-0.4, -0.2) is 70.5 Å². The number of rotatable bonds is 4. The minimum Gasteiger partial charge on any atom is -0.325 e. The molecule has 8 nitrogen and oxygen atoms in total. The van der Waals surface area contributed by atoms with Crippen LogP contribution in [0.1, 0.15) is 24.6 Å². The molecule has 0 saturated carbocycles. The fraction of sp³-hybridized carbons (Fsp3) is 0.435. The van der Waals surface area contributed by atoms with Crippen LogP contribution >= 0.6 is 0 Å². The maximum absolute atomic E-state index is 15.1. The van der Waals surface area contributed by atoms with Crippen LogP contribution in [0.3, 0.4) is 0 Å². The van der Waals surface area contributed by atoms with Gasteiger partial charge in [-0.25, -0.2) is 14.0 Å². The third-order valence-corrected chi connectivity index (χ3v) is 5.97. The van der Waals surface area contributed by atoms with Gasteiger partial charge < -0.3 is 20.4 Å². The number of nitrogens with zero attached hydrogens (tertiary/aromatic N) is 4. The lowest BCUT2D eigenvalue weighted by atomic mass is 10.1. The number of carbonyl (C=O) groups is 2. The van der Waals surface area contributed by atoms with Crippen molar-refractivity contribution in [2.45, 2.75) is 32.9 Å². The monoisotopic (exact) mass is 440 g/mol. The van der Waals surface area contributed by atoms with Crippen LogP contribution in [0.2, 0.25) is 0 Å². The fourth-order valence-electron chi connectivity index (χ4n) is 4.02. The zero-order valence-electron chi connectivity index (χ0n) is 18.5. The molecule has 2 aliphatic heterocycles. The van der Waals surface area contributed by atoms with Gasteiger partial charge in [-0.05, 0) is 38.5 Å². The molecular weight excluding hydrogens is 411 g/mol. The second-order valence-electron chi connectivity index (χ2n) is 8.45. The molecule has 1 unspecified atom stereocenters. The van der Waals surface area contributed by atoms with Gasteiger partial charge in [0.1, 0.15) is 0 Å². The highest BCUT2D eigenvalue weighted by Crippen LogP contribution is 2.22. The van der Waals surface area contributed by atoms with Crippen LogP contribution in [0.15, 0.2) is 36.5 Å². The smallest absolute Gasteiger partial charge is 0.323 e. The van der Waals surface area contributed by atoms with Gasteiger partial charge in [-0.15, -0.1) is 0 Å². The average Bonchev–Trinajstić information content (AvgIpc) is 2.71. The van der Waals surface area contributed by atoms with Crippen LogP contribution in [0.25, 0.3) is 0 Å². The Morgan fingerprint density at radius 2 is 1.94 bits per heavy atom. The molecule has 2 N–H and O–H groups in total. The largest absolute Gasteiger partial charge is 0.325 e. The highest BCUT2D eigenvalue weighted by atomic mass is 19.1. The number of nitrogens with one attached hydrogen (secondary N) is 2. The molecule has 2 fully saturated rings. The van der Waals surface area contributed by atoms with Crippen molar-refractivity contribution in [1.29, 1.82) is 0 Å². The molecule has 32 heavy (non-hydrogen) atoms. The van der Waals surface area contributed by atoms with Gasteiger partial charge in [0.05, 0.1) is 17.6 Å². The molecule has 0 radical (unpaired) electrons. The van der Waals surface area contributed by atoms with E-state index >= 15 is 4.39 Å². The molecule has 3 heterocycles. The number of hydrogen-bond donors (Lipinski definition) is 2. The number of urea groups is 2. The quantitative estimate of drug-likeness (QED) is 0.763. The third kappa shape index (κ3) is 4.99. The molecule has 1 aromatic heterocycles. The minimum atomic E-state index is -0.529. The predicted octanol–water partition coefficient (Wildman–Crippen LogP) is 3.50. The summed E-state index contributed by atoms with van der Waals surface area (Å²) in [7, 11) is 0. The number of likely N-dealkylation sites (tertiary alicyclic amines) is 1. The van der Waals surface area contributed by atoms with Gasteiger partial charge in [-0.2, -0.15) is 0 Å². The Bertz CT molecular complexity index is 979. The summed E-state index contributed by atoms with van der Waals surface area (Å²) in [5.41, 5.74) is 2.01. The summed E-state index contributed by atoms with van der Waals surface area (Å²) in [5.74, 6) is -0.448. The number of benzene rings is 1. The summed E-state index contributed by atoms with van der Waals surface area (Å²) in [4.78, 5) is 34.9. The number of hydrogen-bond acceptors (Lipinski definition) is 4. The molecule has 4 rings (SSSR count). The molecule has 170 valence electrons. The summed E-state index contributed by atoms with van der Waals surface area (Å²) in [6.07, 6.45) is 2.62. The first kappa shape index (κ1) is 22.0. The lowest BCUT2D eigenvalue weighted by Crippen LogP contribution is -2.59. The van der Waals surface area contributed by atoms with E-state index in [1.54, 1.807) is 30.5 Å². The van der Waals surface area contributed by atoms with Crippen molar-refractivity contribution < 1.29 is 14.0 Å². The van der Waals surface area contributed by atoms with Crippen molar-refractivity contribution in [2.75, 3.05) is 43.4 Å². The maximum atomic E-state index is 15.1. The van der Waals surface area contributed by atoms with Crippen LogP contribution < -0.4 is 10.6 Å². The molecule has 1 aromatic carbocycles. The summed E-state index contributed by atoms with van der Waals surface area (Å²) < 4.78 is 15.1. The fourth-order valence-corrected chi connectivity index (χ4v) is 4.02. The number of halogens is 1. The second kappa shape index (κ2) is 9.52. The molecule has 2 aliphatic rings. The van der Waals surface area contributed by atoms with Gasteiger partial charge in [0.2, 0.25) is 0 Å². The molecule has 4 amide bonds. The van der Waals surface area contributed by atoms with E-state index in [2.05, 4.69) is 20.5 Å². The molecular formula is C23H29FN6O2. The standard InChI is InChI=1S/C23H29FN6O2/c1-16-7-8-19(13-25-16)26-22(31)27-20-6-3-5-18(21(20)24)15-28-11-12-30(17(2)14-28)23(32)29-9-4-10-29/h3,5-8,13,17H,4,9-12,14-15H2,1-2H3,(H2,26,27,31). The Balaban J connectivity index is 1.34. The Morgan fingerprint density at radius 1 is 1.12 bits per heavy atom. The van der Waals surface area contributed by atoms with E-state index in [1.165, 1.54) is 6.07 Å². The molecule has 0 bridgehead atoms. The van der Waals surface area contributed by atoms with Crippen molar-refractivity contribution in [3.63, 3.8) is 0 Å². The highest BCUT2D eigenvalue weighted by Gasteiger charge is 2.32. The van der Waals surface area contributed by atoms with Crippen molar-refractivity contribution in [2.24, 2.45) is 0 Å². The van der Waals surface area contributed by atoms with Gasteiger partial charge in [0, 0.05) is 56.6 Å². The van der Waals surface area contributed by atoms with E-state index in [0.717, 1.165) is 25.2 Å². The summed E-state index contributed by atoms with van der Waals surface area (Å²) in [6.45, 7) is 7.97. The third-order valence-electron chi connectivity index (χ3n) is 5.97. The van der Waals surface area contributed by atoms with Crippen molar-refractivity contribution in [3.8, 4) is 0 Å². The number of aryl methyl sites for hydroxylation is 1. The van der Waals surface area contributed by atoms with Gasteiger partial charge in [-0.1, -0.05) is 12.1 Å². The number of anilines is 2. The number of carbonyl (C=O) groups excluding carboxylic acids is 2. The molecule has 0 spiro atoms. The Hall–Kier alpha value is -3.20. The predicted molar refractivity (Wildman–Crippen MR) is 121 cm³/mol. The van der Waals surface area contributed by atoms with E-state index in [0.29, 0.717) is 37.4 Å². The average molecular weight is 441 g/mol. The topological polar surface area (TPSA) is 80.8 Å². The van der Waals surface area contributed by atoms with E-state index in [4.69, 9.17) is 0 Å². The van der Waals surface area contributed by atoms with Crippen molar-refractivity contribution in [3.05, 3.63) is 53.6 Å². The Morgan fingerprint density at radius 3 is 2.59 bits per heavy atom. The molecule has 0 aliphatic carbocycles. The minimum absolute atomic E-state index is 0.0649. The summed E-state index contributed by atoms with van der Waals surface area (Å²) in [5, 5.41) is 5.23. The first-order valence-electron chi connectivity index (χ1n) is 11.0. The van der Waals surface area contributed by atoms with Crippen LogP contribution in [0.5, 0.6) is 0 Å². The zero-order valence-corrected chi connectivity index (χ0v) is 18.5. The van der Waals surface area contributed by atoms with Crippen molar-refractivity contribution >= 4 is 23.4 Å². The van der Waals surface area contributed by atoms with Crippen molar-refractivity contribution in [1.82, 2.24) is 19.7 Å². The van der Waals surface area contributed by atoms with Gasteiger partial charge in [0.15, 0.2) is 5.82 Å². The number of pyridine rings is 1. The number of piperazine rings is 1. The first-order valence-corrected chi connectivity index (χ1v) is 11.0. The number of amides is 4. The molecule has 2 aromatic rings. The normalized spacial score (nSPS) is 18.8. The van der Waals surface area contributed by atoms with Crippen LogP contribution in [-0.2, 0) is 6.54 Å². The maximum Gasteiger partial charge on any atom is 0.323 e.